The molecule has 0 aliphatic rings. The van der Waals surface area contributed by atoms with Crippen LogP contribution in [-0.2, 0) is 32.5 Å². The molecule has 2 heterocycles. The Bertz CT molecular complexity index is 1070. The van der Waals surface area contributed by atoms with Crippen LogP contribution in [0.5, 0.6) is 0 Å². The first-order valence-corrected chi connectivity index (χ1v) is 10.1. The largest absolute Gasteiger partial charge is 0.442 e. The first kappa shape index (κ1) is 23.8. The summed E-state index contributed by atoms with van der Waals surface area (Å²) < 4.78 is 13.3. The van der Waals surface area contributed by atoms with E-state index in [4.69, 9.17) is 15.2 Å². The van der Waals surface area contributed by atoms with Crippen molar-refractivity contribution in [3.8, 4) is 22.8 Å². The number of nitrogen functional groups attached to an aromatic ring is 1. The molecule has 3 aromatic rings. The van der Waals surface area contributed by atoms with Crippen LogP contribution >= 0.6 is 0 Å². The SMILES string of the molecule is CC(C)(C)C(=O)OCn1nnnc1-c1cc(N)cc(-c2nnnn2COC(=O)C(C)(C)C)c1. The molecule has 0 fully saturated rings. The summed E-state index contributed by atoms with van der Waals surface area (Å²) in [4.78, 5) is 24.2. The lowest BCUT2D eigenvalue weighted by Gasteiger charge is -2.17. The molecule has 0 spiro atoms. The van der Waals surface area contributed by atoms with Gasteiger partial charge in [0.2, 0.25) is 0 Å². The van der Waals surface area contributed by atoms with E-state index in [1.807, 2.05) is 0 Å². The lowest BCUT2D eigenvalue weighted by Crippen LogP contribution is -2.24. The number of carbonyl (C=O) groups is 2. The zero-order chi connectivity index (χ0) is 24.4. The first-order valence-electron chi connectivity index (χ1n) is 10.1. The highest BCUT2D eigenvalue weighted by molar-refractivity contribution is 5.76. The van der Waals surface area contributed by atoms with E-state index in [0.29, 0.717) is 28.5 Å². The van der Waals surface area contributed by atoms with E-state index in [9.17, 15) is 9.59 Å². The van der Waals surface area contributed by atoms with Crippen LogP contribution in [0.2, 0.25) is 0 Å². The van der Waals surface area contributed by atoms with Gasteiger partial charge in [0.15, 0.2) is 25.1 Å². The van der Waals surface area contributed by atoms with E-state index in [2.05, 4.69) is 31.1 Å². The molecule has 0 saturated heterocycles. The highest BCUT2D eigenvalue weighted by atomic mass is 16.5. The second-order valence-corrected chi connectivity index (χ2v) is 9.47. The normalized spacial score (nSPS) is 11.9. The molecule has 0 aliphatic heterocycles. The van der Waals surface area contributed by atoms with E-state index in [1.54, 1.807) is 59.7 Å². The predicted molar refractivity (Wildman–Crippen MR) is 116 cm³/mol. The Morgan fingerprint density at radius 2 is 1.18 bits per heavy atom. The summed E-state index contributed by atoms with van der Waals surface area (Å²) >= 11 is 0. The molecule has 13 heteroatoms. The topological polar surface area (TPSA) is 166 Å². The number of hydrogen-bond acceptors (Lipinski definition) is 11. The first-order chi connectivity index (χ1) is 15.4. The minimum atomic E-state index is -0.661. The number of nitrogens with zero attached hydrogens (tertiary/aromatic N) is 8. The Morgan fingerprint density at radius 3 is 1.55 bits per heavy atom. The quantitative estimate of drug-likeness (QED) is 0.422. The van der Waals surface area contributed by atoms with Crippen molar-refractivity contribution in [3.05, 3.63) is 18.2 Å². The molecule has 1 aromatic carbocycles. The van der Waals surface area contributed by atoms with Gasteiger partial charge in [-0.15, -0.1) is 10.2 Å². The summed E-state index contributed by atoms with van der Waals surface area (Å²) in [6, 6.07) is 5.08. The zero-order valence-corrected chi connectivity index (χ0v) is 19.4. The Balaban J connectivity index is 1.86. The van der Waals surface area contributed by atoms with E-state index >= 15 is 0 Å². The van der Waals surface area contributed by atoms with Crippen molar-refractivity contribution >= 4 is 17.6 Å². The molecule has 13 nitrogen and oxygen atoms in total. The summed E-state index contributed by atoms with van der Waals surface area (Å²) in [7, 11) is 0. The number of aromatic nitrogens is 8. The van der Waals surface area contributed by atoms with Crippen LogP contribution < -0.4 is 5.73 Å². The Morgan fingerprint density at radius 1 is 0.788 bits per heavy atom. The molecule has 0 unspecified atom stereocenters. The number of hydrogen-bond donors (Lipinski definition) is 1. The second kappa shape index (κ2) is 8.92. The average molecular weight is 457 g/mol. The number of nitrogens with two attached hydrogens (primary N) is 1. The van der Waals surface area contributed by atoms with Gasteiger partial charge in [0.1, 0.15) is 0 Å². The van der Waals surface area contributed by atoms with Crippen molar-refractivity contribution in [2.24, 2.45) is 10.8 Å². The minimum Gasteiger partial charge on any atom is -0.442 e. The fourth-order valence-corrected chi connectivity index (χ4v) is 2.58. The molecule has 3 rings (SSSR count). The van der Waals surface area contributed by atoms with Gasteiger partial charge in [0.25, 0.3) is 0 Å². The number of tetrazole rings is 2. The van der Waals surface area contributed by atoms with Gasteiger partial charge in [0, 0.05) is 16.8 Å². The molecule has 0 atom stereocenters. The van der Waals surface area contributed by atoms with Crippen molar-refractivity contribution in [3.63, 3.8) is 0 Å². The number of benzene rings is 1. The fourth-order valence-electron chi connectivity index (χ4n) is 2.58. The Kier molecular flexibility index (Phi) is 6.42. The summed E-state index contributed by atoms with van der Waals surface area (Å²) in [5.41, 5.74) is 6.31. The van der Waals surface area contributed by atoms with Gasteiger partial charge in [-0.2, -0.15) is 9.36 Å². The van der Waals surface area contributed by atoms with Gasteiger partial charge in [-0.1, -0.05) is 0 Å². The Hall–Kier alpha value is -3.90. The third kappa shape index (κ3) is 5.67. The zero-order valence-electron chi connectivity index (χ0n) is 19.4. The summed E-state index contributed by atoms with van der Waals surface area (Å²) in [6.07, 6.45) is 0. The third-order valence-electron chi connectivity index (χ3n) is 4.40. The van der Waals surface area contributed by atoms with E-state index in [0.717, 1.165) is 0 Å². The van der Waals surface area contributed by atoms with Gasteiger partial charge >= 0.3 is 11.9 Å². The standard InChI is InChI=1S/C20H27N9O4/c1-19(2,3)17(30)32-10-28-15(22-24-26-28)12-7-13(9-14(21)8-12)16-23-25-27-29(16)11-33-18(31)20(4,5)6/h7-9H,10-11,21H2,1-6H3. The van der Waals surface area contributed by atoms with Crippen LogP contribution in [0.25, 0.3) is 22.8 Å². The highest BCUT2D eigenvalue weighted by Crippen LogP contribution is 2.27. The fraction of sp³-hybridized carbons (Fsp3) is 0.500. The molecule has 0 aliphatic carbocycles. The summed E-state index contributed by atoms with van der Waals surface area (Å²) in [5.74, 6) is -0.103. The van der Waals surface area contributed by atoms with E-state index in [1.165, 1.54) is 9.36 Å². The molecule has 0 amide bonds. The third-order valence-corrected chi connectivity index (χ3v) is 4.40. The molecule has 2 aromatic heterocycles. The summed E-state index contributed by atoms with van der Waals surface area (Å²) in [5, 5.41) is 23.2. The number of carbonyl (C=O) groups excluding carboxylic acids is 2. The molecule has 0 saturated carbocycles. The molecular formula is C20H27N9O4. The smallest absolute Gasteiger partial charge is 0.313 e. The maximum atomic E-state index is 12.1. The predicted octanol–water partition coefficient (Wildman–Crippen LogP) is 1.67. The van der Waals surface area contributed by atoms with Gasteiger partial charge < -0.3 is 15.2 Å². The van der Waals surface area contributed by atoms with Crippen LogP contribution in [-0.4, -0.2) is 52.4 Å². The van der Waals surface area contributed by atoms with Crippen LogP contribution in [0.1, 0.15) is 41.5 Å². The monoisotopic (exact) mass is 457 g/mol. The second-order valence-electron chi connectivity index (χ2n) is 9.47. The molecule has 2 N–H and O–H groups in total. The van der Waals surface area contributed by atoms with Gasteiger partial charge in [0.05, 0.1) is 10.8 Å². The maximum absolute atomic E-state index is 12.1. The molecule has 33 heavy (non-hydrogen) atoms. The van der Waals surface area contributed by atoms with Crippen molar-refractivity contribution < 1.29 is 19.1 Å². The van der Waals surface area contributed by atoms with Crippen molar-refractivity contribution in [1.29, 1.82) is 0 Å². The number of rotatable bonds is 6. The van der Waals surface area contributed by atoms with Crippen LogP contribution in [0.3, 0.4) is 0 Å². The summed E-state index contributed by atoms with van der Waals surface area (Å²) in [6.45, 7) is 10.2. The molecular weight excluding hydrogens is 430 g/mol. The van der Waals surface area contributed by atoms with Crippen LogP contribution in [0, 0.1) is 10.8 Å². The molecule has 176 valence electrons. The highest BCUT2D eigenvalue weighted by Gasteiger charge is 2.25. The van der Waals surface area contributed by atoms with Gasteiger partial charge in [-0.3, -0.25) is 9.59 Å². The van der Waals surface area contributed by atoms with Crippen LogP contribution in [0.15, 0.2) is 18.2 Å². The number of anilines is 1. The lowest BCUT2D eigenvalue weighted by molar-refractivity contribution is -0.158. The van der Waals surface area contributed by atoms with Gasteiger partial charge in [-0.05, 0) is 80.6 Å². The molecule has 0 bridgehead atoms. The van der Waals surface area contributed by atoms with Gasteiger partial charge in [-0.25, -0.2) is 0 Å². The maximum Gasteiger partial charge on any atom is 0.313 e. The number of ether oxygens (including phenoxy) is 2. The average Bonchev–Trinajstić information content (AvgIpc) is 3.37. The van der Waals surface area contributed by atoms with E-state index < -0.39 is 10.8 Å². The Labute approximate surface area is 190 Å². The van der Waals surface area contributed by atoms with E-state index in [-0.39, 0.29) is 25.4 Å². The minimum absolute atomic E-state index is 0.164. The number of esters is 2. The van der Waals surface area contributed by atoms with Crippen molar-refractivity contribution in [1.82, 2.24) is 40.4 Å². The van der Waals surface area contributed by atoms with Crippen molar-refractivity contribution in [2.75, 3.05) is 5.73 Å². The van der Waals surface area contributed by atoms with Crippen LogP contribution in [0.4, 0.5) is 5.69 Å². The lowest BCUT2D eigenvalue weighted by atomic mass is 9.97. The van der Waals surface area contributed by atoms with Crippen molar-refractivity contribution in [2.45, 2.75) is 55.0 Å². The molecule has 0 radical (unpaired) electrons.